The van der Waals surface area contributed by atoms with Crippen LogP contribution in [-0.4, -0.2) is 44.3 Å². The molecule has 4 N–H and O–H groups in total. The largest absolute Gasteiger partial charge is 0.478 e. The maximum atomic E-state index is 12.3. The van der Waals surface area contributed by atoms with Crippen molar-refractivity contribution in [2.75, 3.05) is 0 Å². The first-order chi connectivity index (χ1) is 35.6. The lowest BCUT2D eigenvalue weighted by molar-refractivity contribution is 0.0652. The van der Waals surface area contributed by atoms with Crippen molar-refractivity contribution >= 4 is 40.7 Å². The first-order valence-electron chi connectivity index (χ1n) is 23.5. The average molecular weight is 955 g/mol. The van der Waals surface area contributed by atoms with Crippen LogP contribution in [-0.2, 0) is 6.42 Å². The molecule has 8 heteroatoms. The average Bonchev–Trinajstić information content (AvgIpc) is 3.44. The van der Waals surface area contributed by atoms with Crippen LogP contribution in [0.3, 0.4) is 0 Å². The van der Waals surface area contributed by atoms with E-state index in [0.717, 1.165) is 28.7 Å². The second-order valence-electron chi connectivity index (χ2n) is 17.1. The SMILES string of the molecule is C1=Cc2cccc3cccc(c23)C1.O=C(O)c1cc(-c2ccccc2)c(-c2ccccc2)c(-c2ccccc2)c1C(=O)O.O=C(O)c1cc(-c2ccccc2)c(-c2ccccc2)c(-c2ccccc2)c1C(=O)O. The van der Waals surface area contributed by atoms with Gasteiger partial charge in [-0.3, -0.25) is 0 Å². The fourth-order valence-corrected chi connectivity index (χ4v) is 9.51. The minimum atomic E-state index is -1.28. The highest BCUT2D eigenvalue weighted by Gasteiger charge is 2.29. The number of carboxylic acids is 4. The molecule has 1 aliphatic rings. The predicted molar refractivity (Wildman–Crippen MR) is 290 cm³/mol. The van der Waals surface area contributed by atoms with Crippen LogP contribution in [0.25, 0.3) is 83.6 Å². The Morgan fingerprint density at radius 3 is 1.00 bits per heavy atom. The summed E-state index contributed by atoms with van der Waals surface area (Å²) in [7, 11) is 0. The van der Waals surface area contributed by atoms with E-state index >= 15 is 0 Å². The summed E-state index contributed by atoms with van der Waals surface area (Å²) >= 11 is 0. The Kier molecular flexibility index (Phi) is 14.4. The Morgan fingerprint density at radius 1 is 0.329 bits per heavy atom. The number of benzene rings is 10. The summed E-state index contributed by atoms with van der Waals surface area (Å²) in [5, 5.41) is 42.6. The highest BCUT2D eigenvalue weighted by Crippen LogP contribution is 2.45. The number of carbonyl (C=O) groups is 4. The molecule has 11 rings (SSSR count). The highest BCUT2D eigenvalue weighted by molar-refractivity contribution is 6.14. The second-order valence-corrected chi connectivity index (χ2v) is 17.1. The third-order valence-electron chi connectivity index (χ3n) is 12.6. The Labute approximate surface area is 421 Å². The predicted octanol–water partition coefficient (Wildman–Crippen LogP) is 15.6. The van der Waals surface area contributed by atoms with E-state index in [-0.39, 0.29) is 22.3 Å². The summed E-state index contributed by atoms with van der Waals surface area (Å²) in [6, 6.07) is 71.8. The zero-order chi connectivity index (χ0) is 50.8. The van der Waals surface area contributed by atoms with Gasteiger partial charge in [0.25, 0.3) is 0 Å². The van der Waals surface area contributed by atoms with Gasteiger partial charge < -0.3 is 20.4 Å². The van der Waals surface area contributed by atoms with E-state index in [1.807, 2.05) is 158 Å². The van der Waals surface area contributed by atoms with Gasteiger partial charge >= 0.3 is 23.9 Å². The van der Waals surface area contributed by atoms with Gasteiger partial charge in [0, 0.05) is 11.1 Å². The monoisotopic (exact) mass is 954 g/mol. The van der Waals surface area contributed by atoms with Gasteiger partial charge in [-0.2, -0.15) is 0 Å². The van der Waals surface area contributed by atoms with Crippen LogP contribution < -0.4 is 0 Å². The van der Waals surface area contributed by atoms with E-state index < -0.39 is 23.9 Å². The third-order valence-corrected chi connectivity index (χ3v) is 12.6. The van der Waals surface area contributed by atoms with E-state index in [9.17, 15) is 39.6 Å². The number of allylic oxidation sites excluding steroid dienone is 1. The maximum absolute atomic E-state index is 12.3. The zero-order valence-corrected chi connectivity index (χ0v) is 39.2. The Bertz CT molecular complexity index is 3460. The molecule has 0 aliphatic heterocycles. The fraction of sp³-hybridized carbons (Fsp3) is 0.0154. The van der Waals surface area contributed by atoms with Crippen LogP contribution in [0.1, 0.15) is 52.6 Å². The number of hydrogen-bond acceptors (Lipinski definition) is 4. The summed E-state index contributed by atoms with van der Waals surface area (Å²) in [5.41, 5.74) is 9.97. The maximum Gasteiger partial charge on any atom is 0.337 e. The normalized spacial score (nSPS) is 11.1. The van der Waals surface area contributed by atoms with Crippen molar-refractivity contribution in [3.05, 3.63) is 270 Å². The lowest BCUT2D eigenvalue weighted by Crippen LogP contribution is -2.12. The first-order valence-corrected chi connectivity index (χ1v) is 23.5. The van der Waals surface area contributed by atoms with Crippen LogP contribution in [0.4, 0.5) is 0 Å². The molecular weight excluding hydrogens is 909 g/mol. The summed E-state index contributed by atoms with van der Waals surface area (Å²) in [5.74, 6) is -5.10. The van der Waals surface area contributed by atoms with Gasteiger partial charge in [0.2, 0.25) is 0 Å². The van der Waals surface area contributed by atoms with Crippen molar-refractivity contribution in [3.8, 4) is 66.8 Å². The van der Waals surface area contributed by atoms with Gasteiger partial charge in [-0.1, -0.05) is 231 Å². The topological polar surface area (TPSA) is 149 Å². The lowest BCUT2D eigenvalue weighted by atomic mass is 9.82. The van der Waals surface area contributed by atoms with E-state index in [1.165, 1.54) is 34.0 Å². The van der Waals surface area contributed by atoms with Gasteiger partial charge in [0.05, 0.1) is 22.3 Å². The molecule has 10 aromatic rings. The van der Waals surface area contributed by atoms with Crippen molar-refractivity contribution in [1.82, 2.24) is 0 Å². The van der Waals surface area contributed by atoms with Crippen LogP contribution in [0.5, 0.6) is 0 Å². The van der Waals surface area contributed by atoms with Crippen molar-refractivity contribution < 1.29 is 39.6 Å². The van der Waals surface area contributed by atoms with E-state index in [0.29, 0.717) is 44.5 Å². The molecule has 0 atom stereocenters. The lowest BCUT2D eigenvalue weighted by Gasteiger charge is -2.20. The van der Waals surface area contributed by atoms with Crippen molar-refractivity contribution in [1.29, 1.82) is 0 Å². The molecule has 0 aromatic heterocycles. The third kappa shape index (κ3) is 10.2. The van der Waals surface area contributed by atoms with Crippen molar-refractivity contribution in [3.63, 3.8) is 0 Å². The minimum absolute atomic E-state index is 0.216. The van der Waals surface area contributed by atoms with Gasteiger partial charge in [-0.25, -0.2) is 19.2 Å². The molecule has 0 saturated carbocycles. The summed E-state index contributed by atoms with van der Waals surface area (Å²) in [6.07, 6.45) is 5.53. The van der Waals surface area contributed by atoms with Gasteiger partial charge in [-0.15, -0.1) is 0 Å². The van der Waals surface area contributed by atoms with Crippen LogP contribution in [0, 0.1) is 0 Å². The Balaban J connectivity index is 0.000000145. The number of rotatable bonds is 10. The number of carboxylic acid groups (broad SMARTS) is 4. The molecule has 8 nitrogen and oxygen atoms in total. The quantitative estimate of drug-likeness (QED) is 0.106. The second kappa shape index (κ2) is 21.8. The number of hydrogen-bond donors (Lipinski definition) is 4. The van der Waals surface area contributed by atoms with Gasteiger partial charge in [-0.05, 0) is 96.1 Å². The van der Waals surface area contributed by atoms with E-state index in [4.69, 9.17) is 0 Å². The van der Waals surface area contributed by atoms with Crippen molar-refractivity contribution in [2.24, 2.45) is 0 Å². The highest BCUT2D eigenvalue weighted by atomic mass is 16.4. The van der Waals surface area contributed by atoms with E-state index in [2.05, 4.69) is 48.6 Å². The Morgan fingerprint density at radius 2 is 0.658 bits per heavy atom. The molecule has 10 aromatic carbocycles. The van der Waals surface area contributed by atoms with Gasteiger partial charge in [0.1, 0.15) is 0 Å². The summed E-state index contributed by atoms with van der Waals surface area (Å²) < 4.78 is 0. The Hall–Kier alpha value is -9.92. The molecule has 354 valence electrons. The molecule has 0 unspecified atom stereocenters. The van der Waals surface area contributed by atoms with Gasteiger partial charge in [0.15, 0.2) is 0 Å². The molecule has 0 saturated heterocycles. The van der Waals surface area contributed by atoms with Crippen molar-refractivity contribution in [2.45, 2.75) is 6.42 Å². The smallest absolute Gasteiger partial charge is 0.337 e. The minimum Gasteiger partial charge on any atom is -0.478 e. The summed E-state index contributed by atoms with van der Waals surface area (Å²) in [4.78, 5) is 48.7. The zero-order valence-electron chi connectivity index (χ0n) is 39.2. The molecule has 0 fully saturated rings. The molecule has 0 radical (unpaired) electrons. The first kappa shape index (κ1) is 48.1. The van der Waals surface area contributed by atoms with Crippen LogP contribution in [0.15, 0.2) is 237 Å². The van der Waals surface area contributed by atoms with Crippen LogP contribution in [0.2, 0.25) is 0 Å². The molecule has 73 heavy (non-hydrogen) atoms. The molecular formula is C65H46O8. The molecule has 0 amide bonds. The summed E-state index contributed by atoms with van der Waals surface area (Å²) in [6.45, 7) is 0. The van der Waals surface area contributed by atoms with E-state index in [1.54, 1.807) is 24.3 Å². The van der Waals surface area contributed by atoms with Crippen LogP contribution >= 0.6 is 0 Å². The molecule has 0 bridgehead atoms. The molecule has 1 aliphatic carbocycles. The molecule has 0 spiro atoms. The fourth-order valence-electron chi connectivity index (χ4n) is 9.51. The standard InChI is InChI=1S/2C26H18O4.C13H10/c2*27-25(28)21-16-20(17-10-4-1-5-11-17)22(18-12-6-2-7-13-18)23(24(21)26(29)30)19-14-8-3-9-15-19;1-4-10-6-2-8-12-9-3-7-11(5-1)13(10)12/h2*1-16H,(H,27,28)(H,29,30);1-8H,9H2. The number of aromatic carboxylic acids is 4. The molecule has 0 heterocycles.